The summed E-state index contributed by atoms with van der Waals surface area (Å²) < 4.78 is 10.2. The van der Waals surface area contributed by atoms with E-state index in [9.17, 15) is 4.79 Å². The fourth-order valence-corrected chi connectivity index (χ4v) is 1.70. The van der Waals surface area contributed by atoms with E-state index in [1.54, 1.807) is 0 Å². The van der Waals surface area contributed by atoms with E-state index >= 15 is 0 Å². The minimum absolute atomic E-state index is 0.0737. The molecule has 3 heteroatoms. The van der Waals surface area contributed by atoms with Crippen LogP contribution >= 0.6 is 0 Å². The Labute approximate surface area is 97.8 Å². The van der Waals surface area contributed by atoms with E-state index < -0.39 is 0 Å². The molecule has 0 atom stereocenters. The van der Waals surface area contributed by atoms with Crippen LogP contribution < -0.4 is 0 Å². The highest BCUT2D eigenvalue weighted by molar-refractivity contribution is 5.70. The van der Waals surface area contributed by atoms with Crippen molar-refractivity contribution in [3.8, 4) is 0 Å². The van der Waals surface area contributed by atoms with Crippen LogP contribution in [0.15, 0.2) is 12.2 Å². The van der Waals surface area contributed by atoms with Crippen molar-refractivity contribution in [2.24, 2.45) is 0 Å². The van der Waals surface area contributed by atoms with Crippen molar-refractivity contribution in [2.75, 3.05) is 19.8 Å². The highest BCUT2D eigenvalue weighted by atomic mass is 16.6. The highest BCUT2D eigenvalue weighted by Crippen LogP contribution is 2.08. The van der Waals surface area contributed by atoms with Crippen molar-refractivity contribution in [1.29, 1.82) is 0 Å². The maximum absolute atomic E-state index is 11.1. The standard InChI is InChI=1S/C13H22O3/c14-13-12-15-10-8-6-4-2-1-3-5-7-9-11-16-13/h6,8H,1-5,7,9-12H2/b8-6+. The third-order valence-electron chi connectivity index (χ3n) is 2.63. The summed E-state index contributed by atoms with van der Waals surface area (Å²) in [7, 11) is 0. The van der Waals surface area contributed by atoms with Crippen molar-refractivity contribution < 1.29 is 14.3 Å². The molecule has 0 N–H and O–H groups in total. The van der Waals surface area contributed by atoms with Crippen molar-refractivity contribution in [3.63, 3.8) is 0 Å². The molecule has 1 heterocycles. The molecule has 16 heavy (non-hydrogen) atoms. The predicted molar refractivity (Wildman–Crippen MR) is 63.2 cm³/mol. The molecule has 3 nitrogen and oxygen atoms in total. The molecular weight excluding hydrogens is 204 g/mol. The van der Waals surface area contributed by atoms with E-state index in [2.05, 4.69) is 6.08 Å². The Morgan fingerprint density at radius 3 is 2.56 bits per heavy atom. The molecular formula is C13H22O3. The molecule has 0 saturated carbocycles. The van der Waals surface area contributed by atoms with Crippen LogP contribution in [-0.2, 0) is 14.3 Å². The quantitative estimate of drug-likeness (QED) is 0.470. The van der Waals surface area contributed by atoms with E-state index in [4.69, 9.17) is 9.47 Å². The zero-order chi connectivity index (χ0) is 11.5. The summed E-state index contributed by atoms with van der Waals surface area (Å²) in [5, 5.41) is 0. The summed E-state index contributed by atoms with van der Waals surface area (Å²) in [6.07, 6.45) is 12.5. The van der Waals surface area contributed by atoms with E-state index in [-0.39, 0.29) is 12.6 Å². The fraction of sp³-hybridized carbons (Fsp3) is 0.769. The topological polar surface area (TPSA) is 35.5 Å². The molecule has 0 unspecified atom stereocenters. The van der Waals surface area contributed by atoms with Gasteiger partial charge in [-0.2, -0.15) is 0 Å². The van der Waals surface area contributed by atoms with Gasteiger partial charge in [0.05, 0.1) is 13.2 Å². The summed E-state index contributed by atoms with van der Waals surface area (Å²) in [6.45, 7) is 1.12. The Balaban J connectivity index is 2.20. The normalized spacial score (nSPS) is 23.9. The van der Waals surface area contributed by atoms with E-state index in [0.717, 1.165) is 19.3 Å². The lowest BCUT2D eigenvalue weighted by Crippen LogP contribution is -2.13. The second kappa shape index (κ2) is 9.40. The summed E-state index contributed by atoms with van der Waals surface area (Å²) >= 11 is 0. The van der Waals surface area contributed by atoms with Gasteiger partial charge in [-0.25, -0.2) is 4.79 Å². The molecule has 1 rings (SSSR count). The van der Waals surface area contributed by atoms with Gasteiger partial charge in [-0.3, -0.25) is 0 Å². The lowest BCUT2D eigenvalue weighted by molar-refractivity contribution is -0.148. The molecule has 0 amide bonds. The van der Waals surface area contributed by atoms with Crippen molar-refractivity contribution in [1.82, 2.24) is 0 Å². The van der Waals surface area contributed by atoms with Gasteiger partial charge in [0, 0.05) is 0 Å². The molecule has 1 aliphatic rings. The van der Waals surface area contributed by atoms with Crippen molar-refractivity contribution in [2.45, 2.75) is 44.9 Å². The number of ether oxygens (including phenoxy) is 2. The molecule has 0 spiro atoms. The van der Waals surface area contributed by atoms with Crippen LogP contribution in [0.2, 0.25) is 0 Å². The smallest absolute Gasteiger partial charge is 0.332 e. The zero-order valence-electron chi connectivity index (χ0n) is 9.95. The van der Waals surface area contributed by atoms with Gasteiger partial charge in [0.25, 0.3) is 0 Å². The van der Waals surface area contributed by atoms with E-state index in [1.165, 1.54) is 25.7 Å². The number of carbonyl (C=O) groups excluding carboxylic acids is 1. The Bertz CT molecular complexity index is 211. The predicted octanol–water partition coefficient (Wildman–Crippen LogP) is 2.85. The number of hydrogen-bond acceptors (Lipinski definition) is 3. The van der Waals surface area contributed by atoms with Crippen LogP contribution in [0, 0.1) is 0 Å². The second-order valence-electron chi connectivity index (χ2n) is 4.12. The SMILES string of the molecule is O=C1COC/C=C/CCCCCCCCO1. The first-order valence-electron chi connectivity index (χ1n) is 6.28. The Morgan fingerprint density at radius 2 is 1.69 bits per heavy atom. The number of carbonyl (C=O) groups is 1. The first-order chi connectivity index (χ1) is 7.89. The molecule has 0 aromatic carbocycles. The van der Waals surface area contributed by atoms with Gasteiger partial charge in [-0.05, 0) is 19.3 Å². The average molecular weight is 226 g/mol. The molecule has 0 aliphatic carbocycles. The second-order valence-corrected chi connectivity index (χ2v) is 4.12. The summed E-state index contributed by atoms with van der Waals surface area (Å²) in [5.41, 5.74) is 0. The molecule has 0 aromatic rings. The van der Waals surface area contributed by atoms with Crippen LogP contribution in [0.1, 0.15) is 44.9 Å². The van der Waals surface area contributed by atoms with Crippen LogP contribution in [0.5, 0.6) is 0 Å². The minimum Gasteiger partial charge on any atom is -0.464 e. The molecule has 1 aliphatic heterocycles. The molecule has 0 radical (unpaired) electrons. The maximum Gasteiger partial charge on any atom is 0.332 e. The molecule has 0 aromatic heterocycles. The first kappa shape index (κ1) is 13.2. The highest BCUT2D eigenvalue weighted by Gasteiger charge is 2.01. The number of esters is 1. The number of rotatable bonds is 0. The van der Waals surface area contributed by atoms with Gasteiger partial charge in [0.15, 0.2) is 0 Å². The largest absolute Gasteiger partial charge is 0.464 e. The molecule has 0 bridgehead atoms. The van der Waals surface area contributed by atoms with Gasteiger partial charge in [-0.15, -0.1) is 0 Å². The monoisotopic (exact) mass is 226 g/mol. The minimum atomic E-state index is -0.247. The summed E-state index contributed by atoms with van der Waals surface area (Å²) in [6, 6.07) is 0. The maximum atomic E-state index is 11.1. The zero-order valence-corrected chi connectivity index (χ0v) is 9.95. The lowest BCUT2D eigenvalue weighted by atomic mass is 10.1. The Morgan fingerprint density at radius 1 is 0.938 bits per heavy atom. The lowest BCUT2D eigenvalue weighted by Gasteiger charge is -2.04. The number of allylic oxidation sites excluding steroid dienone is 1. The van der Waals surface area contributed by atoms with Crippen LogP contribution in [0.4, 0.5) is 0 Å². The average Bonchev–Trinajstić information content (AvgIpc) is 2.29. The van der Waals surface area contributed by atoms with Gasteiger partial charge < -0.3 is 9.47 Å². The van der Waals surface area contributed by atoms with Crippen molar-refractivity contribution >= 4 is 5.97 Å². The van der Waals surface area contributed by atoms with Gasteiger partial charge >= 0.3 is 5.97 Å². The van der Waals surface area contributed by atoms with Gasteiger partial charge in [0.2, 0.25) is 0 Å². The van der Waals surface area contributed by atoms with E-state index in [1.807, 2.05) is 6.08 Å². The van der Waals surface area contributed by atoms with E-state index in [0.29, 0.717) is 13.2 Å². The fourth-order valence-electron chi connectivity index (χ4n) is 1.70. The molecule has 0 fully saturated rings. The van der Waals surface area contributed by atoms with Gasteiger partial charge in [-0.1, -0.05) is 37.8 Å². The van der Waals surface area contributed by atoms with Crippen molar-refractivity contribution in [3.05, 3.63) is 12.2 Å². The summed E-state index contributed by atoms with van der Waals surface area (Å²) in [4.78, 5) is 11.1. The third kappa shape index (κ3) is 7.46. The number of cyclic esters (lactones) is 1. The third-order valence-corrected chi connectivity index (χ3v) is 2.63. The van der Waals surface area contributed by atoms with Gasteiger partial charge in [0.1, 0.15) is 6.61 Å². The first-order valence-corrected chi connectivity index (χ1v) is 6.28. The summed E-state index contributed by atoms with van der Waals surface area (Å²) in [5.74, 6) is -0.247. The van der Waals surface area contributed by atoms with Crippen LogP contribution in [-0.4, -0.2) is 25.8 Å². The Kier molecular flexibility index (Phi) is 7.78. The molecule has 92 valence electrons. The Hall–Kier alpha value is -0.830. The van der Waals surface area contributed by atoms with Crippen LogP contribution in [0.3, 0.4) is 0 Å². The van der Waals surface area contributed by atoms with Crippen LogP contribution in [0.25, 0.3) is 0 Å². The number of hydrogen-bond donors (Lipinski definition) is 0. The molecule has 0 saturated heterocycles.